The number of aromatic nitrogens is 1. The second-order valence-electron chi connectivity index (χ2n) is 7.77. The first-order valence-electron chi connectivity index (χ1n) is 10.8. The highest BCUT2D eigenvalue weighted by Gasteiger charge is 2.28. The molecule has 2 heterocycles. The first kappa shape index (κ1) is 21.2. The van der Waals surface area contributed by atoms with Gasteiger partial charge in [-0.3, -0.25) is 4.79 Å². The smallest absolute Gasteiger partial charge is 0.223 e. The standard InChI is InChI=1S/C25H30N2O4/c1-4-17-7-5-8-18-21(16-26-24(17)18)20(15-23(28)27-11-13-31-14-12-27)19-9-6-10-22(29-2)25(19)30-3/h5-10,16,20,26H,4,11-15H2,1-3H3. The number of methoxy groups -OCH3 is 2. The summed E-state index contributed by atoms with van der Waals surface area (Å²) >= 11 is 0. The minimum atomic E-state index is -0.166. The monoisotopic (exact) mass is 422 g/mol. The molecule has 1 unspecified atom stereocenters. The highest BCUT2D eigenvalue weighted by atomic mass is 16.5. The number of aryl methyl sites for hydroxylation is 1. The lowest BCUT2D eigenvalue weighted by Gasteiger charge is -2.29. The molecule has 6 nitrogen and oxygen atoms in total. The third-order valence-electron chi connectivity index (χ3n) is 6.14. The van der Waals surface area contributed by atoms with Crippen LogP contribution in [0.2, 0.25) is 0 Å². The molecule has 1 saturated heterocycles. The number of para-hydroxylation sites is 2. The van der Waals surface area contributed by atoms with E-state index in [1.165, 1.54) is 5.56 Å². The Hall–Kier alpha value is -2.99. The van der Waals surface area contributed by atoms with Gasteiger partial charge < -0.3 is 24.1 Å². The fourth-order valence-corrected chi connectivity index (χ4v) is 4.51. The maximum Gasteiger partial charge on any atom is 0.223 e. The molecule has 6 heteroatoms. The summed E-state index contributed by atoms with van der Waals surface area (Å²) in [6.07, 6.45) is 3.34. The van der Waals surface area contributed by atoms with Crippen molar-refractivity contribution in [2.75, 3.05) is 40.5 Å². The topological polar surface area (TPSA) is 63.8 Å². The van der Waals surface area contributed by atoms with Gasteiger partial charge in [0.1, 0.15) is 0 Å². The second kappa shape index (κ2) is 9.43. The summed E-state index contributed by atoms with van der Waals surface area (Å²) < 4.78 is 16.7. The zero-order valence-corrected chi connectivity index (χ0v) is 18.4. The Morgan fingerprint density at radius 1 is 1.10 bits per heavy atom. The Bertz CT molecular complexity index is 1050. The fraction of sp³-hybridized carbons (Fsp3) is 0.400. The molecule has 1 fully saturated rings. The van der Waals surface area contributed by atoms with Crippen LogP contribution in [-0.4, -0.2) is 56.3 Å². The minimum Gasteiger partial charge on any atom is -0.493 e. The molecule has 164 valence electrons. The third-order valence-corrected chi connectivity index (χ3v) is 6.14. The van der Waals surface area contributed by atoms with Crippen LogP contribution in [0.15, 0.2) is 42.6 Å². The van der Waals surface area contributed by atoms with E-state index in [4.69, 9.17) is 14.2 Å². The minimum absolute atomic E-state index is 0.124. The van der Waals surface area contributed by atoms with Crippen LogP contribution in [0.1, 0.15) is 36.0 Å². The van der Waals surface area contributed by atoms with Gasteiger partial charge >= 0.3 is 0 Å². The average molecular weight is 423 g/mol. The second-order valence-corrected chi connectivity index (χ2v) is 7.77. The number of hydrogen-bond donors (Lipinski definition) is 1. The fourth-order valence-electron chi connectivity index (χ4n) is 4.51. The number of ether oxygens (including phenoxy) is 3. The Balaban J connectivity index is 1.81. The van der Waals surface area contributed by atoms with E-state index in [2.05, 4.69) is 30.1 Å². The summed E-state index contributed by atoms with van der Waals surface area (Å²) in [4.78, 5) is 18.6. The van der Waals surface area contributed by atoms with Crippen LogP contribution in [0.4, 0.5) is 0 Å². The van der Waals surface area contributed by atoms with E-state index in [-0.39, 0.29) is 11.8 Å². The zero-order chi connectivity index (χ0) is 21.8. The number of amides is 1. The number of carbonyl (C=O) groups is 1. The first-order valence-corrected chi connectivity index (χ1v) is 10.8. The molecule has 1 amide bonds. The Labute approximate surface area is 183 Å². The van der Waals surface area contributed by atoms with Crippen LogP contribution >= 0.6 is 0 Å². The zero-order valence-electron chi connectivity index (χ0n) is 18.4. The van der Waals surface area contributed by atoms with Gasteiger partial charge in [-0.15, -0.1) is 0 Å². The number of aromatic amines is 1. The summed E-state index contributed by atoms with van der Waals surface area (Å²) in [5, 5.41) is 1.14. The van der Waals surface area contributed by atoms with Crippen LogP contribution in [-0.2, 0) is 16.0 Å². The van der Waals surface area contributed by atoms with E-state index in [0.29, 0.717) is 44.2 Å². The number of H-pyrrole nitrogens is 1. The van der Waals surface area contributed by atoms with Crippen molar-refractivity contribution in [1.29, 1.82) is 0 Å². The number of fused-ring (bicyclic) bond motifs is 1. The van der Waals surface area contributed by atoms with E-state index in [9.17, 15) is 4.79 Å². The van der Waals surface area contributed by atoms with Gasteiger partial charge in [0, 0.05) is 48.1 Å². The molecule has 31 heavy (non-hydrogen) atoms. The molecule has 4 rings (SSSR count). The van der Waals surface area contributed by atoms with E-state index in [0.717, 1.165) is 28.5 Å². The van der Waals surface area contributed by atoms with Crippen LogP contribution in [0, 0.1) is 0 Å². The van der Waals surface area contributed by atoms with Crippen LogP contribution in [0.3, 0.4) is 0 Å². The number of nitrogens with zero attached hydrogens (tertiary/aromatic N) is 1. The molecule has 0 saturated carbocycles. The Morgan fingerprint density at radius 3 is 2.58 bits per heavy atom. The molecule has 1 aliphatic heterocycles. The van der Waals surface area contributed by atoms with Crippen molar-refractivity contribution in [3.05, 3.63) is 59.3 Å². The van der Waals surface area contributed by atoms with E-state index >= 15 is 0 Å². The van der Waals surface area contributed by atoms with Gasteiger partial charge in [0.05, 0.1) is 27.4 Å². The normalized spacial score (nSPS) is 15.1. The van der Waals surface area contributed by atoms with Gasteiger partial charge in [0.15, 0.2) is 11.5 Å². The summed E-state index contributed by atoms with van der Waals surface area (Å²) in [5.41, 5.74) is 4.44. The van der Waals surface area contributed by atoms with Gasteiger partial charge in [0.2, 0.25) is 5.91 Å². The Kier molecular flexibility index (Phi) is 6.47. The molecular weight excluding hydrogens is 392 g/mol. The van der Waals surface area contributed by atoms with Crippen molar-refractivity contribution in [2.45, 2.75) is 25.7 Å². The van der Waals surface area contributed by atoms with Crippen molar-refractivity contribution in [3.63, 3.8) is 0 Å². The van der Waals surface area contributed by atoms with E-state index < -0.39 is 0 Å². The summed E-state index contributed by atoms with van der Waals surface area (Å²) in [7, 11) is 3.28. The van der Waals surface area contributed by atoms with Gasteiger partial charge in [-0.05, 0) is 23.6 Å². The molecule has 2 aromatic carbocycles. The maximum absolute atomic E-state index is 13.3. The van der Waals surface area contributed by atoms with Crippen molar-refractivity contribution in [3.8, 4) is 11.5 Å². The molecule has 3 aromatic rings. The van der Waals surface area contributed by atoms with Crippen LogP contribution in [0.25, 0.3) is 10.9 Å². The Morgan fingerprint density at radius 2 is 1.87 bits per heavy atom. The molecule has 1 atom stereocenters. The molecule has 0 spiro atoms. The lowest BCUT2D eigenvalue weighted by atomic mass is 9.86. The quantitative estimate of drug-likeness (QED) is 0.622. The van der Waals surface area contributed by atoms with Crippen molar-refractivity contribution >= 4 is 16.8 Å². The number of morpholine rings is 1. The van der Waals surface area contributed by atoms with Gasteiger partial charge in [-0.2, -0.15) is 0 Å². The molecule has 0 aliphatic carbocycles. The molecule has 0 radical (unpaired) electrons. The first-order chi connectivity index (χ1) is 15.2. The molecule has 1 aliphatic rings. The van der Waals surface area contributed by atoms with E-state index in [1.807, 2.05) is 29.3 Å². The summed E-state index contributed by atoms with van der Waals surface area (Å²) in [5.74, 6) is 1.30. The highest BCUT2D eigenvalue weighted by molar-refractivity contribution is 5.88. The van der Waals surface area contributed by atoms with Crippen LogP contribution < -0.4 is 9.47 Å². The molecule has 1 N–H and O–H groups in total. The number of nitrogens with one attached hydrogen (secondary N) is 1. The predicted octanol–water partition coefficient (Wildman–Crippen LogP) is 4.13. The summed E-state index contributed by atoms with van der Waals surface area (Å²) in [6.45, 7) is 4.60. The van der Waals surface area contributed by atoms with Crippen LogP contribution in [0.5, 0.6) is 11.5 Å². The average Bonchev–Trinajstić information content (AvgIpc) is 3.26. The van der Waals surface area contributed by atoms with Crippen molar-refractivity contribution in [2.24, 2.45) is 0 Å². The molecule has 1 aromatic heterocycles. The van der Waals surface area contributed by atoms with Gasteiger partial charge in [0.25, 0.3) is 0 Å². The third kappa shape index (κ3) is 4.12. The summed E-state index contributed by atoms with van der Waals surface area (Å²) in [6, 6.07) is 12.2. The SMILES string of the molecule is CCc1cccc2c(C(CC(=O)N3CCOCC3)c3cccc(OC)c3OC)c[nH]c12. The highest BCUT2D eigenvalue weighted by Crippen LogP contribution is 2.42. The molecule has 0 bridgehead atoms. The van der Waals surface area contributed by atoms with Gasteiger partial charge in [-0.25, -0.2) is 0 Å². The van der Waals surface area contributed by atoms with E-state index in [1.54, 1.807) is 14.2 Å². The maximum atomic E-state index is 13.3. The number of benzene rings is 2. The number of carbonyl (C=O) groups excluding carboxylic acids is 1. The largest absolute Gasteiger partial charge is 0.493 e. The van der Waals surface area contributed by atoms with Crippen molar-refractivity contribution < 1.29 is 19.0 Å². The number of rotatable bonds is 7. The lowest BCUT2D eigenvalue weighted by Crippen LogP contribution is -2.41. The van der Waals surface area contributed by atoms with Gasteiger partial charge in [-0.1, -0.05) is 37.3 Å². The number of hydrogen-bond acceptors (Lipinski definition) is 4. The lowest BCUT2D eigenvalue weighted by molar-refractivity contribution is -0.135. The van der Waals surface area contributed by atoms with Crippen molar-refractivity contribution in [1.82, 2.24) is 9.88 Å². The molecular formula is C25H30N2O4. The predicted molar refractivity (Wildman–Crippen MR) is 121 cm³/mol.